The van der Waals surface area contributed by atoms with Crippen molar-refractivity contribution in [2.75, 3.05) is 19.6 Å². The van der Waals surface area contributed by atoms with E-state index in [1.165, 1.54) is 18.9 Å². The summed E-state index contributed by atoms with van der Waals surface area (Å²) in [7, 11) is 0. The van der Waals surface area contributed by atoms with Gasteiger partial charge in [0, 0.05) is 19.2 Å². The minimum Gasteiger partial charge on any atom is -0.303 e. The minimum atomic E-state index is -0.511. The van der Waals surface area contributed by atoms with Crippen LogP contribution in [0.1, 0.15) is 37.1 Å². The molecule has 1 saturated heterocycles. The van der Waals surface area contributed by atoms with Gasteiger partial charge in [-0.3, -0.25) is 0 Å². The fourth-order valence-electron chi connectivity index (χ4n) is 3.57. The van der Waals surface area contributed by atoms with Crippen molar-refractivity contribution in [2.45, 2.75) is 45.6 Å². The highest BCUT2D eigenvalue weighted by Crippen LogP contribution is 2.23. The molecular weight excluding hydrogens is 324 g/mol. The van der Waals surface area contributed by atoms with Gasteiger partial charge in [0.2, 0.25) is 0 Å². The van der Waals surface area contributed by atoms with E-state index >= 15 is 0 Å². The average molecular weight is 349 g/mol. The highest BCUT2D eigenvalue weighted by Gasteiger charge is 2.20. The number of rotatable bonds is 7. The molecule has 1 aromatic heterocycles. The summed E-state index contributed by atoms with van der Waals surface area (Å²) in [6.45, 7) is 5.94. The number of aromatic nitrogens is 4. The van der Waals surface area contributed by atoms with Crippen LogP contribution in [0.25, 0.3) is 0 Å². The Morgan fingerprint density at radius 1 is 1.24 bits per heavy atom. The monoisotopic (exact) mass is 349 g/mol. The zero-order chi connectivity index (χ0) is 17.6. The van der Waals surface area contributed by atoms with E-state index in [4.69, 9.17) is 0 Å². The first-order valence-electron chi connectivity index (χ1n) is 9.01. The van der Waals surface area contributed by atoms with Gasteiger partial charge in [0.1, 0.15) is 17.5 Å². The molecule has 0 amide bonds. The van der Waals surface area contributed by atoms with Gasteiger partial charge in [0.15, 0.2) is 0 Å². The van der Waals surface area contributed by atoms with Crippen molar-refractivity contribution in [3.8, 4) is 0 Å². The lowest BCUT2D eigenvalue weighted by Crippen LogP contribution is -2.36. The number of halogens is 2. The molecule has 136 valence electrons. The second-order valence-electron chi connectivity index (χ2n) is 6.89. The summed E-state index contributed by atoms with van der Waals surface area (Å²) in [5.41, 5.74) is 0.618. The molecule has 0 aliphatic carbocycles. The van der Waals surface area contributed by atoms with Gasteiger partial charge < -0.3 is 4.90 Å². The zero-order valence-corrected chi connectivity index (χ0v) is 14.7. The lowest BCUT2D eigenvalue weighted by molar-refractivity contribution is 0.164. The molecule has 5 nitrogen and oxygen atoms in total. The predicted octanol–water partition coefficient (Wildman–Crippen LogP) is 2.99. The van der Waals surface area contributed by atoms with Gasteiger partial charge in [-0.15, -0.1) is 5.10 Å². The van der Waals surface area contributed by atoms with Crippen LogP contribution in [0.2, 0.25) is 0 Å². The Kier molecular flexibility index (Phi) is 6.07. The molecular formula is C18H25F2N5. The number of benzene rings is 1. The summed E-state index contributed by atoms with van der Waals surface area (Å²) >= 11 is 0. The van der Waals surface area contributed by atoms with E-state index < -0.39 is 11.6 Å². The fourth-order valence-corrected chi connectivity index (χ4v) is 3.57. The second kappa shape index (κ2) is 8.47. The highest BCUT2D eigenvalue weighted by atomic mass is 19.1. The fraction of sp³-hybridized carbons (Fsp3) is 0.611. The Labute approximate surface area is 147 Å². The van der Waals surface area contributed by atoms with Gasteiger partial charge in [-0.25, -0.2) is 13.5 Å². The van der Waals surface area contributed by atoms with Crippen LogP contribution in [0.15, 0.2) is 18.2 Å². The largest absolute Gasteiger partial charge is 0.303 e. The molecule has 1 aliphatic heterocycles. The number of hydrogen-bond acceptors (Lipinski definition) is 4. The third-order valence-corrected chi connectivity index (χ3v) is 5.00. The summed E-state index contributed by atoms with van der Waals surface area (Å²) in [4.78, 5) is 2.48. The summed E-state index contributed by atoms with van der Waals surface area (Å²) in [5.74, 6) is 0.484. The molecule has 2 heterocycles. The summed E-state index contributed by atoms with van der Waals surface area (Å²) in [6.07, 6.45) is 5.01. The number of likely N-dealkylation sites (tertiary alicyclic amines) is 1. The third-order valence-electron chi connectivity index (χ3n) is 5.00. The molecule has 1 aliphatic rings. The predicted molar refractivity (Wildman–Crippen MR) is 91.0 cm³/mol. The highest BCUT2D eigenvalue weighted by molar-refractivity contribution is 5.18. The quantitative estimate of drug-likeness (QED) is 0.771. The molecule has 25 heavy (non-hydrogen) atoms. The van der Waals surface area contributed by atoms with Gasteiger partial charge >= 0.3 is 0 Å². The molecule has 1 fully saturated rings. The van der Waals surface area contributed by atoms with Crippen LogP contribution in [-0.2, 0) is 13.0 Å². The van der Waals surface area contributed by atoms with Gasteiger partial charge in [-0.1, -0.05) is 6.07 Å². The van der Waals surface area contributed by atoms with Crippen LogP contribution < -0.4 is 0 Å². The van der Waals surface area contributed by atoms with E-state index in [2.05, 4.69) is 20.4 Å². The molecule has 0 N–H and O–H groups in total. The van der Waals surface area contributed by atoms with Crippen molar-refractivity contribution >= 4 is 0 Å². The lowest BCUT2D eigenvalue weighted by atomic mass is 9.91. The molecule has 0 spiro atoms. The van der Waals surface area contributed by atoms with Crippen molar-refractivity contribution in [1.82, 2.24) is 25.1 Å². The second-order valence-corrected chi connectivity index (χ2v) is 6.89. The van der Waals surface area contributed by atoms with Gasteiger partial charge in [-0.2, -0.15) is 0 Å². The maximum Gasteiger partial charge on any atom is 0.148 e. The van der Waals surface area contributed by atoms with E-state index in [9.17, 15) is 8.78 Å². The molecule has 7 heteroatoms. The molecule has 0 bridgehead atoms. The van der Waals surface area contributed by atoms with Crippen molar-refractivity contribution in [3.63, 3.8) is 0 Å². The van der Waals surface area contributed by atoms with Crippen LogP contribution in [0, 0.1) is 24.5 Å². The first kappa shape index (κ1) is 17.9. The van der Waals surface area contributed by atoms with Crippen LogP contribution >= 0.6 is 0 Å². The standard InChI is InChI=1S/C18H25F2N5/c1-14-21-22-23-25(14)11-3-10-24-9-2-4-15(13-24)5-6-16-7-8-17(19)12-18(16)20/h7-8,12,15H,2-6,9-11,13H2,1H3/t15-/m1/s1. The normalized spacial score (nSPS) is 18.6. The first-order valence-corrected chi connectivity index (χ1v) is 9.01. The van der Waals surface area contributed by atoms with Crippen molar-refractivity contribution in [1.29, 1.82) is 0 Å². The molecule has 0 saturated carbocycles. The van der Waals surface area contributed by atoms with Crippen LogP contribution in [0.4, 0.5) is 8.78 Å². The number of piperidine rings is 1. The molecule has 1 aromatic carbocycles. The molecule has 0 unspecified atom stereocenters. The van der Waals surface area contributed by atoms with Crippen LogP contribution in [0.3, 0.4) is 0 Å². The van der Waals surface area contributed by atoms with E-state index in [1.54, 1.807) is 6.07 Å². The van der Waals surface area contributed by atoms with E-state index in [-0.39, 0.29) is 0 Å². The maximum absolute atomic E-state index is 13.7. The summed E-state index contributed by atoms with van der Waals surface area (Å²) in [5, 5.41) is 11.5. The van der Waals surface area contributed by atoms with Gasteiger partial charge in [0.25, 0.3) is 0 Å². The Morgan fingerprint density at radius 3 is 2.88 bits per heavy atom. The van der Waals surface area contributed by atoms with Crippen LogP contribution in [0.5, 0.6) is 0 Å². The van der Waals surface area contributed by atoms with E-state index in [0.29, 0.717) is 17.9 Å². The third kappa shape index (κ3) is 5.04. The maximum atomic E-state index is 13.7. The number of nitrogens with zero attached hydrogens (tertiary/aromatic N) is 5. The molecule has 0 radical (unpaired) electrons. The van der Waals surface area contributed by atoms with Crippen molar-refractivity contribution in [3.05, 3.63) is 41.2 Å². The van der Waals surface area contributed by atoms with Crippen LogP contribution in [-0.4, -0.2) is 44.7 Å². The number of tetrazole rings is 1. The average Bonchev–Trinajstić information content (AvgIpc) is 3.00. The number of aryl methyl sites for hydroxylation is 3. The zero-order valence-electron chi connectivity index (χ0n) is 14.7. The molecule has 2 aromatic rings. The summed E-state index contributed by atoms with van der Waals surface area (Å²) in [6, 6.07) is 3.88. The van der Waals surface area contributed by atoms with Gasteiger partial charge in [-0.05, 0) is 80.1 Å². The topological polar surface area (TPSA) is 46.8 Å². The lowest BCUT2D eigenvalue weighted by Gasteiger charge is -2.32. The smallest absolute Gasteiger partial charge is 0.148 e. The van der Waals surface area contributed by atoms with E-state index in [0.717, 1.165) is 50.9 Å². The SMILES string of the molecule is Cc1nnnn1CCCN1CCC[C@H](CCc2ccc(F)cc2F)C1. The van der Waals surface area contributed by atoms with E-state index in [1.807, 2.05) is 11.6 Å². The van der Waals surface area contributed by atoms with Crippen molar-refractivity contribution < 1.29 is 8.78 Å². The Balaban J connectivity index is 1.42. The summed E-state index contributed by atoms with van der Waals surface area (Å²) < 4.78 is 28.6. The van der Waals surface area contributed by atoms with Crippen molar-refractivity contribution in [2.24, 2.45) is 5.92 Å². The Hall–Kier alpha value is -1.89. The minimum absolute atomic E-state index is 0.426. The number of hydrogen-bond donors (Lipinski definition) is 0. The molecule has 1 atom stereocenters. The van der Waals surface area contributed by atoms with Gasteiger partial charge in [0.05, 0.1) is 0 Å². The Morgan fingerprint density at radius 2 is 2.12 bits per heavy atom. The Bertz CT molecular complexity index is 688. The molecule has 3 rings (SSSR count). The first-order chi connectivity index (χ1) is 12.1.